The standard InChI is InChI=1S/C20H20ClFN4OS/c1-3-26(12-14-5-4-6-17(22)11-14)18(27)13-28-20-24-23-19(25(20)2)15-7-9-16(21)10-8-15/h4-11H,3,12-13H2,1-2H3. The smallest absolute Gasteiger partial charge is 0.233 e. The largest absolute Gasteiger partial charge is 0.338 e. The van der Waals surface area contributed by atoms with Crippen molar-refractivity contribution in [1.29, 1.82) is 0 Å². The van der Waals surface area contributed by atoms with Crippen molar-refractivity contribution in [2.45, 2.75) is 18.6 Å². The number of thioether (sulfide) groups is 1. The minimum absolute atomic E-state index is 0.0344. The quantitative estimate of drug-likeness (QED) is 0.533. The average Bonchev–Trinajstić information content (AvgIpc) is 3.05. The molecule has 0 fully saturated rings. The summed E-state index contributed by atoms with van der Waals surface area (Å²) in [6.07, 6.45) is 0. The number of amides is 1. The number of benzene rings is 2. The van der Waals surface area contributed by atoms with E-state index in [-0.39, 0.29) is 17.5 Å². The fourth-order valence-corrected chi connectivity index (χ4v) is 3.68. The van der Waals surface area contributed by atoms with Crippen molar-refractivity contribution >= 4 is 29.3 Å². The fourth-order valence-electron chi connectivity index (χ4n) is 2.74. The van der Waals surface area contributed by atoms with E-state index in [4.69, 9.17) is 11.6 Å². The predicted octanol–water partition coefficient (Wildman–Crippen LogP) is 4.42. The molecule has 0 N–H and O–H groups in total. The first-order valence-electron chi connectivity index (χ1n) is 8.78. The fraction of sp³-hybridized carbons (Fsp3) is 0.250. The van der Waals surface area contributed by atoms with E-state index in [0.717, 1.165) is 11.1 Å². The van der Waals surface area contributed by atoms with Crippen LogP contribution in [0, 0.1) is 5.82 Å². The van der Waals surface area contributed by atoms with Gasteiger partial charge in [0.05, 0.1) is 5.75 Å². The molecule has 146 valence electrons. The zero-order chi connectivity index (χ0) is 20.1. The summed E-state index contributed by atoms with van der Waals surface area (Å²) in [5.74, 6) is 0.603. The maximum atomic E-state index is 13.4. The molecule has 0 bridgehead atoms. The Balaban J connectivity index is 1.64. The molecular weight excluding hydrogens is 399 g/mol. The molecule has 0 saturated carbocycles. The maximum absolute atomic E-state index is 13.4. The van der Waals surface area contributed by atoms with Crippen molar-refractivity contribution in [1.82, 2.24) is 19.7 Å². The number of halogens is 2. The van der Waals surface area contributed by atoms with Crippen molar-refractivity contribution in [2.75, 3.05) is 12.3 Å². The van der Waals surface area contributed by atoms with Crippen LogP contribution in [0.25, 0.3) is 11.4 Å². The summed E-state index contributed by atoms with van der Waals surface area (Å²) in [5, 5.41) is 9.72. The molecule has 2 aromatic carbocycles. The minimum atomic E-state index is -0.302. The Morgan fingerprint density at radius 1 is 1.21 bits per heavy atom. The summed E-state index contributed by atoms with van der Waals surface area (Å²) in [6.45, 7) is 2.83. The Morgan fingerprint density at radius 3 is 2.64 bits per heavy atom. The van der Waals surface area contributed by atoms with Gasteiger partial charge >= 0.3 is 0 Å². The first-order valence-corrected chi connectivity index (χ1v) is 10.1. The molecule has 3 rings (SSSR count). The predicted molar refractivity (Wildman–Crippen MR) is 110 cm³/mol. The van der Waals surface area contributed by atoms with Crippen molar-refractivity contribution in [3.63, 3.8) is 0 Å². The van der Waals surface area contributed by atoms with E-state index in [1.807, 2.05) is 36.7 Å². The van der Waals surface area contributed by atoms with E-state index < -0.39 is 0 Å². The van der Waals surface area contributed by atoms with Gasteiger partial charge in [0.25, 0.3) is 0 Å². The first kappa shape index (κ1) is 20.4. The minimum Gasteiger partial charge on any atom is -0.338 e. The molecule has 28 heavy (non-hydrogen) atoms. The molecule has 0 saturated heterocycles. The van der Waals surface area contributed by atoms with Crippen molar-refractivity contribution in [2.24, 2.45) is 7.05 Å². The molecule has 0 radical (unpaired) electrons. The maximum Gasteiger partial charge on any atom is 0.233 e. The molecule has 1 amide bonds. The normalized spacial score (nSPS) is 10.9. The molecule has 1 aromatic heterocycles. The molecule has 0 spiro atoms. The zero-order valence-electron chi connectivity index (χ0n) is 15.6. The molecule has 8 heteroatoms. The van der Waals surface area contributed by atoms with Gasteiger partial charge in [-0.15, -0.1) is 10.2 Å². The van der Waals surface area contributed by atoms with Gasteiger partial charge in [-0.05, 0) is 48.9 Å². The second kappa shape index (κ2) is 9.21. The van der Waals surface area contributed by atoms with Crippen LogP contribution in [-0.4, -0.2) is 37.9 Å². The SMILES string of the molecule is CCN(Cc1cccc(F)c1)C(=O)CSc1nnc(-c2ccc(Cl)cc2)n1C. The van der Waals surface area contributed by atoms with Gasteiger partial charge in [0.1, 0.15) is 5.82 Å². The van der Waals surface area contributed by atoms with Gasteiger partial charge in [-0.2, -0.15) is 0 Å². The van der Waals surface area contributed by atoms with Crippen molar-refractivity contribution < 1.29 is 9.18 Å². The van der Waals surface area contributed by atoms with Gasteiger partial charge in [-0.25, -0.2) is 4.39 Å². The number of hydrogen-bond donors (Lipinski definition) is 0. The molecule has 3 aromatic rings. The van der Waals surface area contributed by atoms with E-state index in [0.29, 0.717) is 29.1 Å². The third kappa shape index (κ3) is 4.91. The van der Waals surface area contributed by atoms with Crippen LogP contribution in [0.5, 0.6) is 0 Å². The van der Waals surface area contributed by atoms with E-state index in [9.17, 15) is 9.18 Å². The third-order valence-electron chi connectivity index (χ3n) is 4.26. The molecule has 5 nitrogen and oxygen atoms in total. The second-order valence-electron chi connectivity index (χ2n) is 6.20. The second-order valence-corrected chi connectivity index (χ2v) is 7.58. The lowest BCUT2D eigenvalue weighted by atomic mass is 10.2. The van der Waals surface area contributed by atoms with Crippen molar-refractivity contribution in [3.8, 4) is 11.4 Å². The number of carbonyl (C=O) groups excluding carboxylic acids is 1. The lowest BCUT2D eigenvalue weighted by Gasteiger charge is -2.20. The summed E-state index contributed by atoms with van der Waals surface area (Å²) in [4.78, 5) is 14.3. The Kier molecular flexibility index (Phi) is 6.70. The molecule has 1 heterocycles. The molecular formula is C20H20ClFN4OS. The molecule has 0 aliphatic rings. The van der Waals surface area contributed by atoms with Crippen LogP contribution >= 0.6 is 23.4 Å². The number of aromatic nitrogens is 3. The summed E-state index contributed by atoms with van der Waals surface area (Å²) in [5.41, 5.74) is 1.67. The number of hydrogen-bond acceptors (Lipinski definition) is 4. The molecule has 0 unspecified atom stereocenters. The Morgan fingerprint density at radius 2 is 1.96 bits per heavy atom. The van der Waals surface area contributed by atoms with Gasteiger partial charge in [0.15, 0.2) is 11.0 Å². The van der Waals surface area contributed by atoms with Crippen LogP contribution in [0.2, 0.25) is 5.02 Å². The third-order valence-corrected chi connectivity index (χ3v) is 5.52. The van der Waals surface area contributed by atoms with E-state index in [1.165, 1.54) is 23.9 Å². The highest BCUT2D eigenvalue weighted by Crippen LogP contribution is 2.24. The van der Waals surface area contributed by atoms with Crippen LogP contribution in [0.1, 0.15) is 12.5 Å². The van der Waals surface area contributed by atoms with E-state index in [1.54, 1.807) is 23.1 Å². The molecule has 0 aliphatic heterocycles. The van der Waals surface area contributed by atoms with E-state index in [2.05, 4.69) is 10.2 Å². The number of rotatable bonds is 7. The molecule has 0 atom stereocenters. The van der Waals surface area contributed by atoms with Gasteiger partial charge in [0, 0.05) is 30.7 Å². The summed E-state index contributed by atoms with van der Waals surface area (Å²) in [6, 6.07) is 13.7. The van der Waals surface area contributed by atoms with Crippen LogP contribution in [0.3, 0.4) is 0 Å². The van der Waals surface area contributed by atoms with Crippen molar-refractivity contribution in [3.05, 3.63) is 64.9 Å². The van der Waals surface area contributed by atoms with Crippen LogP contribution in [-0.2, 0) is 18.4 Å². The van der Waals surface area contributed by atoms with Gasteiger partial charge < -0.3 is 9.47 Å². The van der Waals surface area contributed by atoms with Crippen LogP contribution in [0.4, 0.5) is 4.39 Å². The topological polar surface area (TPSA) is 51.0 Å². The highest BCUT2D eigenvalue weighted by Gasteiger charge is 2.16. The lowest BCUT2D eigenvalue weighted by molar-refractivity contribution is -0.128. The lowest BCUT2D eigenvalue weighted by Crippen LogP contribution is -2.31. The molecule has 0 aliphatic carbocycles. The van der Waals surface area contributed by atoms with Gasteiger partial charge in [0.2, 0.25) is 5.91 Å². The zero-order valence-corrected chi connectivity index (χ0v) is 17.2. The highest BCUT2D eigenvalue weighted by atomic mass is 35.5. The Bertz CT molecular complexity index is 961. The summed E-state index contributed by atoms with van der Waals surface area (Å²) in [7, 11) is 1.86. The number of carbonyl (C=O) groups is 1. The van der Waals surface area contributed by atoms with E-state index >= 15 is 0 Å². The Labute approximate surface area is 172 Å². The van der Waals surface area contributed by atoms with Crippen LogP contribution < -0.4 is 0 Å². The monoisotopic (exact) mass is 418 g/mol. The van der Waals surface area contributed by atoms with Crippen LogP contribution in [0.15, 0.2) is 53.7 Å². The summed E-state index contributed by atoms with van der Waals surface area (Å²) < 4.78 is 15.2. The average molecular weight is 419 g/mol. The summed E-state index contributed by atoms with van der Waals surface area (Å²) >= 11 is 7.26. The van der Waals surface area contributed by atoms with Gasteiger partial charge in [-0.3, -0.25) is 4.79 Å². The first-order chi connectivity index (χ1) is 13.5. The number of nitrogens with zero attached hydrogens (tertiary/aromatic N) is 4. The van der Waals surface area contributed by atoms with Gasteiger partial charge in [-0.1, -0.05) is 35.5 Å². The highest BCUT2D eigenvalue weighted by molar-refractivity contribution is 7.99. The Hall–Kier alpha value is -2.38.